The number of rotatable bonds is 37. The third-order valence-corrected chi connectivity index (χ3v) is 9.38. The van der Waals surface area contributed by atoms with Crippen LogP contribution in [0.4, 0.5) is 0 Å². The van der Waals surface area contributed by atoms with Crippen molar-refractivity contribution in [2.45, 2.75) is 180 Å². The molecule has 302 valence electrons. The van der Waals surface area contributed by atoms with Crippen LogP contribution in [0, 0.1) is 0 Å². The van der Waals surface area contributed by atoms with Crippen LogP contribution >= 0.6 is 7.82 Å². The van der Waals surface area contributed by atoms with E-state index in [1.165, 1.54) is 57.8 Å². The van der Waals surface area contributed by atoms with Crippen LogP contribution in [0.2, 0.25) is 0 Å². The Labute approximate surface area is 314 Å². The number of unbranched alkanes of at least 4 members (excludes halogenated alkanes) is 17. The van der Waals surface area contributed by atoms with Gasteiger partial charge in [0, 0.05) is 12.8 Å². The molecule has 0 rings (SSSR count). The quantitative estimate of drug-likeness (QED) is 0.0207. The van der Waals surface area contributed by atoms with Crippen LogP contribution < -0.4 is 5.32 Å². The molecule has 0 saturated heterocycles. The molecule has 12 heteroatoms. The van der Waals surface area contributed by atoms with Gasteiger partial charge in [-0.2, -0.15) is 0 Å². The number of allylic oxidation sites excluding steroid dienone is 6. The van der Waals surface area contributed by atoms with E-state index in [1.54, 1.807) is 0 Å². The normalized spacial score (nSPS) is 14.2. The number of aliphatic carboxylic acids is 1. The van der Waals surface area contributed by atoms with E-state index in [0.717, 1.165) is 70.6 Å². The number of carboxylic acids is 1. The second kappa shape index (κ2) is 35.7. The van der Waals surface area contributed by atoms with Gasteiger partial charge in [0.05, 0.1) is 13.2 Å². The van der Waals surface area contributed by atoms with E-state index >= 15 is 0 Å². The fourth-order valence-corrected chi connectivity index (χ4v) is 6.03. The number of carbonyl (C=O) groups excluding carboxylic acids is 2. The van der Waals surface area contributed by atoms with Crippen molar-refractivity contribution in [1.82, 2.24) is 5.32 Å². The molecular formula is C40H72NO10P. The van der Waals surface area contributed by atoms with Gasteiger partial charge in [0.1, 0.15) is 12.7 Å². The third kappa shape index (κ3) is 34.8. The van der Waals surface area contributed by atoms with E-state index in [2.05, 4.69) is 55.6 Å². The number of aliphatic hydroxyl groups is 1. The minimum atomic E-state index is -4.75. The van der Waals surface area contributed by atoms with Gasteiger partial charge in [0.2, 0.25) is 5.91 Å². The van der Waals surface area contributed by atoms with E-state index in [0.29, 0.717) is 12.8 Å². The minimum absolute atomic E-state index is 0.131. The summed E-state index contributed by atoms with van der Waals surface area (Å²) in [5.41, 5.74) is 0. The van der Waals surface area contributed by atoms with Crippen molar-refractivity contribution in [3.05, 3.63) is 36.5 Å². The van der Waals surface area contributed by atoms with Crippen LogP contribution in [0.3, 0.4) is 0 Å². The molecule has 52 heavy (non-hydrogen) atoms. The average Bonchev–Trinajstić information content (AvgIpc) is 3.11. The van der Waals surface area contributed by atoms with Gasteiger partial charge in [-0.05, 0) is 51.4 Å². The number of phosphoric ester groups is 1. The smallest absolute Gasteiger partial charge is 0.472 e. The first-order chi connectivity index (χ1) is 25.1. The molecule has 0 aliphatic carbocycles. The van der Waals surface area contributed by atoms with Crippen LogP contribution in [0.5, 0.6) is 0 Å². The van der Waals surface area contributed by atoms with E-state index in [9.17, 15) is 34.1 Å². The van der Waals surface area contributed by atoms with Gasteiger partial charge >= 0.3 is 19.8 Å². The molecule has 0 radical (unpaired) electrons. The van der Waals surface area contributed by atoms with Gasteiger partial charge in [-0.25, -0.2) is 9.36 Å². The Hall–Kier alpha value is -2.30. The summed E-state index contributed by atoms with van der Waals surface area (Å²) in [6.07, 6.45) is 36.1. The summed E-state index contributed by atoms with van der Waals surface area (Å²) < 4.78 is 26.7. The highest BCUT2D eigenvalue weighted by molar-refractivity contribution is 7.47. The maximum atomic E-state index is 12.3. The van der Waals surface area contributed by atoms with Crippen molar-refractivity contribution in [2.75, 3.05) is 19.8 Å². The number of carboxylic acid groups (broad SMARTS) is 1. The number of ether oxygens (including phenoxy) is 1. The van der Waals surface area contributed by atoms with E-state index in [-0.39, 0.29) is 12.8 Å². The van der Waals surface area contributed by atoms with Crippen molar-refractivity contribution in [3.63, 3.8) is 0 Å². The molecule has 3 unspecified atom stereocenters. The van der Waals surface area contributed by atoms with Gasteiger partial charge in [0.25, 0.3) is 0 Å². The van der Waals surface area contributed by atoms with Crippen LogP contribution in [0.15, 0.2) is 36.5 Å². The zero-order valence-corrected chi connectivity index (χ0v) is 33.3. The summed E-state index contributed by atoms with van der Waals surface area (Å²) in [6, 6.07) is -1.55. The average molecular weight is 758 g/mol. The third-order valence-electron chi connectivity index (χ3n) is 8.43. The summed E-state index contributed by atoms with van der Waals surface area (Å²) in [7, 11) is -4.75. The number of aliphatic hydroxyl groups excluding tert-OH is 1. The van der Waals surface area contributed by atoms with Crippen LogP contribution in [0.1, 0.15) is 168 Å². The molecule has 0 saturated carbocycles. The molecule has 0 heterocycles. The summed E-state index contributed by atoms with van der Waals surface area (Å²) in [6.45, 7) is 2.51. The molecule has 0 aliphatic heterocycles. The number of nitrogens with one attached hydrogen (secondary N) is 1. The van der Waals surface area contributed by atoms with Gasteiger partial charge in [-0.15, -0.1) is 0 Å². The molecule has 0 fully saturated rings. The first-order valence-corrected chi connectivity index (χ1v) is 21.5. The number of phosphoric acid groups is 1. The van der Waals surface area contributed by atoms with Crippen molar-refractivity contribution < 1.29 is 47.8 Å². The van der Waals surface area contributed by atoms with E-state index in [4.69, 9.17) is 13.8 Å². The van der Waals surface area contributed by atoms with Gasteiger partial charge in [0.15, 0.2) is 6.04 Å². The highest BCUT2D eigenvalue weighted by atomic mass is 31.2. The molecule has 0 aromatic heterocycles. The van der Waals surface area contributed by atoms with E-state index < -0.39 is 57.6 Å². The minimum Gasteiger partial charge on any atom is -0.480 e. The summed E-state index contributed by atoms with van der Waals surface area (Å²) >= 11 is 0. The zero-order valence-electron chi connectivity index (χ0n) is 32.4. The molecule has 11 nitrogen and oxygen atoms in total. The molecular weight excluding hydrogens is 685 g/mol. The predicted molar refractivity (Wildman–Crippen MR) is 208 cm³/mol. The van der Waals surface area contributed by atoms with Gasteiger partial charge < -0.3 is 25.2 Å². The summed E-state index contributed by atoms with van der Waals surface area (Å²) in [4.78, 5) is 45.7. The highest BCUT2D eigenvalue weighted by Gasteiger charge is 2.28. The standard InChI is InChI=1S/C40H72NO10P/c1-3-5-7-9-11-13-14-15-16-17-18-19-20-21-22-24-25-27-29-31-38(43)41-37(40(45)46)35-51-52(47,48)50-34-36(42)33-49-39(44)32-30-28-26-23-12-10-8-6-4-2/h11,13,15-16,18-19,36-37,42H,3-10,12,14,17,20-35H2,1-2H3,(H,41,43)(H,45,46)(H,47,48)/b13-11-,16-15-,19-18-. The summed E-state index contributed by atoms with van der Waals surface area (Å²) in [5.74, 6) is -2.39. The molecule has 4 N–H and O–H groups in total. The molecule has 0 spiro atoms. The Morgan fingerprint density at radius 2 is 1.06 bits per heavy atom. The Balaban J connectivity index is 3.97. The number of hydrogen-bond acceptors (Lipinski definition) is 8. The fourth-order valence-electron chi connectivity index (χ4n) is 5.26. The lowest BCUT2D eigenvalue weighted by atomic mass is 10.1. The largest absolute Gasteiger partial charge is 0.480 e. The lowest BCUT2D eigenvalue weighted by molar-refractivity contribution is -0.147. The second-order valence-corrected chi connectivity index (χ2v) is 14.9. The zero-order chi connectivity index (χ0) is 38.5. The number of carbonyl (C=O) groups is 3. The molecule has 0 aliphatic rings. The molecule has 1 amide bonds. The number of amides is 1. The maximum Gasteiger partial charge on any atom is 0.472 e. The molecule has 3 atom stereocenters. The topological polar surface area (TPSA) is 169 Å². The number of esters is 1. The van der Waals surface area contributed by atoms with Crippen molar-refractivity contribution in [1.29, 1.82) is 0 Å². The Bertz CT molecular complexity index is 1030. The monoisotopic (exact) mass is 757 g/mol. The molecule has 0 aromatic rings. The number of hydrogen-bond donors (Lipinski definition) is 4. The second-order valence-electron chi connectivity index (χ2n) is 13.5. The van der Waals surface area contributed by atoms with E-state index in [1.807, 2.05) is 0 Å². The predicted octanol–water partition coefficient (Wildman–Crippen LogP) is 9.66. The SMILES string of the molecule is CCCCC/C=C\C/C=C\C/C=C\CCCCCCCCC(=O)NC(COP(=O)(O)OCC(O)COC(=O)CCCCCCCCCCC)C(=O)O. The Morgan fingerprint density at radius 3 is 1.62 bits per heavy atom. The fraction of sp³-hybridized carbons (Fsp3) is 0.775. The van der Waals surface area contributed by atoms with Gasteiger partial charge in [-0.3, -0.25) is 18.6 Å². The first-order valence-electron chi connectivity index (χ1n) is 20.0. The lowest BCUT2D eigenvalue weighted by Crippen LogP contribution is -2.43. The molecule has 0 bridgehead atoms. The highest BCUT2D eigenvalue weighted by Crippen LogP contribution is 2.43. The Morgan fingerprint density at radius 1 is 0.615 bits per heavy atom. The van der Waals surface area contributed by atoms with Crippen molar-refractivity contribution in [2.24, 2.45) is 0 Å². The summed E-state index contributed by atoms with van der Waals surface area (Å²) in [5, 5.41) is 21.7. The van der Waals surface area contributed by atoms with Crippen molar-refractivity contribution >= 4 is 25.7 Å². The van der Waals surface area contributed by atoms with Crippen molar-refractivity contribution in [3.8, 4) is 0 Å². The lowest BCUT2D eigenvalue weighted by Gasteiger charge is -2.18. The van der Waals surface area contributed by atoms with Crippen LogP contribution in [-0.2, 0) is 32.7 Å². The molecule has 0 aromatic carbocycles. The first kappa shape index (κ1) is 49.7. The van der Waals surface area contributed by atoms with Crippen LogP contribution in [0.25, 0.3) is 0 Å². The van der Waals surface area contributed by atoms with Gasteiger partial charge in [-0.1, -0.05) is 140 Å². The Kier molecular flexibility index (Phi) is 34.1. The maximum absolute atomic E-state index is 12.3. The van der Waals surface area contributed by atoms with Crippen LogP contribution in [-0.4, -0.2) is 64.9 Å².